The van der Waals surface area contributed by atoms with Crippen LogP contribution in [0.1, 0.15) is 20.8 Å². The van der Waals surface area contributed by atoms with Crippen LogP contribution in [0.3, 0.4) is 0 Å². The Kier molecular flexibility index (Phi) is 2.91. The van der Waals surface area contributed by atoms with Gasteiger partial charge in [-0.15, -0.1) is 0 Å². The van der Waals surface area contributed by atoms with E-state index in [1.54, 1.807) is 20.8 Å². The third-order valence-corrected chi connectivity index (χ3v) is 1.37. The molecule has 0 heterocycles. The molecule has 0 atom stereocenters. The first-order valence-corrected chi connectivity index (χ1v) is 3.37. The van der Waals surface area contributed by atoms with E-state index in [1.807, 2.05) is 0 Å². The van der Waals surface area contributed by atoms with Crippen LogP contribution < -0.4 is 0 Å². The minimum atomic E-state index is -0.956. The summed E-state index contributed by atoms with van der Waals surface area (Å²) in [5.74, 6) is -0.956. The Bertz CT molecular complexity index is 165. The number of halogens is 1. The number of hydrogen-bond acceptors (Lipinski definition) is 1. The summed E-state index contributed by atoms with van der Waals surface area (Å²) in [6.07, 6.45) is 0. The van der Waals surface area contributed by atoms with Gasteiger partial charge in [-0.25, -0.2) is 4.79 Å². The molecule has 0 aromatic carbocycles. The lowest BCUT2D eigenvalue weighted by Crippen LogP contribution is -2.16. The van der Waals surface area contributed by atoms with Gasteiger partial charge in [0.15, 0.2) is 0 Å². The van der Waals surface area contributed by atoms with Crippen LogP contribution in [0.2, 0.25) is 0 Å². The molecule has 0 aliphatic rings. The second kappa shape index (κ2) is 3.06. The monoisotopic (exact) mass is 162 g/mol. The van der Waals surface area contributed by atoms with Crippen molar-refractivity contribution in [2.75, 3.05) is 0 Å². The predicted molar refractivity (Wildman–Crippen MR) is 41.0 cm³/mol. The van der Waals surface area contributed by atoms with E-state index in [0.717, 1.165) is 5.54 Å². The largest absolute Gasteiger partial charge is 0.478 e. The van der Waals surface area contributed by atoms with Crippen LogP contribution in [-0.4, -0.2) is 11.1 Å². The van der Waals surface area contributed by atoms with E-state index in [2.05, 4.69) is 0 Å². The fourth-order valence-corrected chi connectivity index (χ4v) is 0.952. The maximum absolute atomic E-state index is 10.4. The van der Waals surface area contributed by atoms with Crippen LogP contribution in [0, 0.1) is 5.41 Å². The maximum atomic E-state index is 10.4. The normalized spacial score (nSPS) is 13.4. The lowest BCUT2D eigenvalue weighted by atomic mass is 9.88. The Morgan fingerprint density at radius 1 is 1.50 bits per heavy atom. The standard InChI is InChI=1S/C7H11ClO2/c1-7(2,3)5(4-8)6(9)10/h4H,1-3H3,(H,9,10). The fraction of sp³-hybridized carbons (Fsp3) is 0.571. The molecule has 0 saturated heterocycles. The van der Waals surface area contributed by atoms with Crippen molar-refractivity contribution in [1.82, 2.24) is 0 Å². The van der Waals surface area contributed by atoms with Gasteiger partial charge >= 0.3 is 5.97 Å². The van der Waals surface area contributed by atoms with Gasteiger partial charge in [-0.05, 0) is 5.41 Å². The molecule has 1 N–H and O–H groups in total. The summed E-state index contributed by atoms with van der Waals surface area (Å²) in [5, 5.41) is 8.56. The molecular formula is C7H11ClO2. The maximum Gasteiger partial charge on any atom is 0.332 e. The van der Waals surface area contributed by atoms with Crippen LogP contribution in [0.5, 0.6) is 0 Å². The second-order valence-electron chi connectivity index (χ2n) is 3.08. The summed E-state index contributed by atoms with van der Waals surface area (Å²) in [5.41, 5.74) is 0.963. The van der Waals surface area contributed by atoms with E-state index in [9.17, 15) is 4.79 Å². The fourth-order valence-electron chi connectivity index (χ4n) is 0.531. The molecule has 58 valence electrons. The molecule has 0 amide bonds. The molecule has 0 rings (SSSR count). The van der Waals surface area contributed by atoms with Gasteiger partial charge in [0.1, 0.15) is 0 Å². The Hall–Kier alpha value is -0.500. The number of rotatable bonds is 1. The Morgan fingerprint density at radius 2 is 1.90 bits per heavy atom. The highest BCUT2D eigenvalue weighted by atomic mass is 35.5. The smallest absolute Gasteiger partial charge is 0.332 e. The Labute approximate surface area is 65.5 Å². The molecule has 0 radical (unpaired) electrons. The van der Waals surface area contributed by atoms with Crippen molar-refractivity contribution in [2.45, 2.75) is 20.8 Å². The summed E-state index contributed by atoms with van der Waals surface area (Å²) < 4.78 is 0. The molecule has 0 aromatic rings. The first kappa shape index (κ1) is 9.50. The highest BCUT2D eigenvalue weighted by Crippen LogP contribution is 2.25. The molecule has 10 heavy (non-hydrogen) atoms. The second-order valence-corrected chi connectivity index (χ2v) is 3.30. The molecule has 0 bridgehead atoms. The summed E-state index contributed by atoms with van der Waals surface area (Å²) in [6.45, 7) is 5.40. The van der Waals surface area contributed by atoms with Crippen molar-refractivity contribution < 1.29 is 9.90 Å². The third-order valence-electron chi connectivity index (χ3n) is 1.15. The van der Waals surface area contributed by atoms with Crippen LogP contribution in [-0.2, 0) is 4.79 Å². The van der Waals surface area contributed by atoms with E-state index in [-0.39, 0.29) is 11.0 Å². The third kappa shape index (κ3) is 2.40. The zero-order valence-corrected chi connectivity index (χ0v) is 7.07. The summed E-state index contributed by atoms with van der Waals surface area (Å²) >= 11 is 5.30. The molecular weight excluding hydrogens is 152 g/mol. The van der Waals surface area contributed by atoms with E-state index in [0.29, 0.717) is 0 Å². The van der Waals surface area contributed by atoms with Crippen LogP contribution >= 0.6 is 11.6 Å². The SMILES string of the molecule is CC(C)(C)C(=CCl)C(=O)O. The highest BCUT2D eigenvalue weighted by Gasteiger charge is 2.22. The molecule has 0 aliphatic carbocycles. The van der Waals surface area contributed by atoms with Gasteiger partial charge in [0.25, 0.3) is 0 Å². The quantitative estimate of drug-likeness (QED) is 0.601. The number of aliphatic carboxylic acids is 1. The minimum Gasteiger partial charge on any atom is -0.478 e. The number of carboxylic acids is 1. The average molecular weight is 163 g/mol. The summed E-state index contributed by atoms with van der Waals surface area (Å²) in [4.78, 5) is 10.4. The van der Waals surface area contributed by atoms with E-state index in [1.165, 1.54) is 0 Å². The molecule has 3 heteroatoms. The van der Waals surface area contributed by atoms with Crippen molar-refractivity contribution in [3.8, 4) is 0 Å². The summed E-state index contributed by atoms with van der Waals surface area (Å²) in [6, 6.07) is 0. The van der Waals surface area contributed by atoms with E-state index >= 15 is 0 Å². The Balaban J connectivity index is 4.56. The molecule has 0 fully saturated rings. The van der Waals surface area contributed by atoms with Gasteiger partial charge in [-0.1, -0.05) is 32.4 Å². The van der Waals surface area contributed by atoms with Gasteiger partial charge < -0.3 is 5.11 Å². The molecule has 2 nitrogen and oxygen atoms in total. The number of carboxylic acid groups (broad SMARTS) is 1. The van der Waals surface area contributed by atoms with Crippen molar-refractivity contribution in [3.63, 3.8) is 0 Å². The molecule has 0 unspecified atom stereocenters. The van der Waals surface area contributed by atoms with Crippen LogP contribution in [0.25, 0.3) is 0 Å². The van der Waals surface area contributed by atoms with Gasteiger partial charge in [0, 0.05) is 5.54 Å². The minimum absolute atomic E-state index is 0.231. The first-order valence-electron chi connectivity index (χ1n) is 2.93. The van der Waals surface area contributed by atoms with E-state index < -0.39 is 5.97 Å². The molecule has 0 saturated carbocycles. The van der Waals surface area contributed by atoms with E-state index in [4.69, 9.17) is 16.7 Å². The molecule has 0 aromatic heterocycles. The lowest BCUT2D eigenvalue weighted by molar-refractivity contribution is -0.133. The zero-order chi connectivity index (χ0) is 8.36. The van der Waals surface area contributed by atoms with Crippen molar-refractivity contribution in [1.29, 1.82) is 0 Å². The van der Waals surface area contributed by atoms with Crippen molar-refractivity contribution in [3.05, 3.63) is 11.1 Å². The van der Waals surface area contributed by atoms with Crippen molar-refractivity contribution in [2.24, 2.45) is 5.41 Å². The van der Waals surface area contributed by atoms with Gasteiger partial charge in [0.2, 0.25) is 0 Å². The van der Waals surface area contributed by atoms with Crippen molar-refractivity contribution >= 4 is 17.6 Å². The summed E-state index contributed by atoms with van der Waals surface area (Å²) in [7, 11) is 0. The highest BCUT2D eigenvalue weighted by molar-refractivity contribution is 6.27. The first-order chi connectivity index (χ1) is 4.39. The van der Waals surface area contributed by atoms with Crippen LogP contribution in [0.4, 0.5) is 0 Å². The lowest BCUT2D eigenvalue weighted by Gasteiger charge is -2.17. The molecule has 0 spiro atoms. The predicted octanol–water partition coefficient (Wildman–Crippen LogP) is 2.24. The van der Waals surface area contributed by atoms with Gasteiger partial charge in [-0.3, -0.25) is 0 Å². The average Bonchev–Trinajstić information content (AvgIpc) is 1.60. The molecule has 0 aliphatic heterocycles. The Morgan fingerprint density at radius 3 is 1.90 bits per heavy atom. The number of carbonyl (C=O) groups is 1. The van der Waals surface area contributed by atoms with Gasteiger partial charge in [-0.2, -0.15) is 0 Å². The van der Waals surface area contributed by atoms with Crippen LogP contribution in [0.15, 0.2) is 11.1 Å². The number of hydrogen-bond donors (Lipinski definition) is 1. The topological polar surface area (TPSA) is 37.3 Å². The van der Waals surface area contributed by atoms with Gasteiger partial charge in [0.05, 0.1) is 5.57 Å². The zero-order valence-electron chi connectivity index (χ0n) is 6.31.